The first kappa shape index (κ1) is 15.0. The van der Waals surface area contributed by atoms with Crippen LogP contribution in [-0.2, 0) is 0 Å². The number of nitrogens with one attached hydrogen (secondary N) is 1. The Kier molecular flexibility index (Phi) is 6.50. The summed E-state index contributed by atoms with van der Waals surface area (Å²) in [7, 11) is 0. The molecule has 0 aromatic carbocycles. The summed E-state index contributed by atoms with van der Waals surface area (Å²) < 4.78 is 0. The molecule has 0 aromatic heterocycles. The smallest absolute Gasteiger partial charge is 0.0499 e. The highest BCUT2D eigenvalue weighted by atomic mass is 16.3. The molecule has 1 rings (SSSR count). The van der Waals surface area contributed by atoms with E-state index in [1.54, 1.807) is 0 Å². The van der Waals surface area contributed by atoms with Crippen LogP contribution in [0.2, 0.25) is 0 Å². The van der Waals surface area contributed by atoms with Gasteiger partial charge < -0.3 is 10.4 Å². The molecule has 0 radical (unpaired) electrons. The Balaban J connectivity index is 2.26. The van der Waals surface area contributed by atoms with Crippen LogP contribution in [0.25, 0.3) is 0 Å². The predicted octanol–water partition coefficient (Wildman–Crippen LogP) is 3.34. The summed E-state index contributed by atoms with van der Waals surface area (Å²) in [4.78, 5) is 0. The molecule has 1 fully saturated rings. The fourth-order valence-electron chi connectivity index (χ4n) is 2.77. The third kappa shape index (κ3) is 5.39. The second-order valence-electron chi connectivity index (χ2n) is 6.47. The maximum absolute atomic E-state index is 9.63. The standard InChI is InChI=1S/C15H31NO/c1-13(2)7-8-14(3)16-11-15(12-17)9-5-4-6-10-15/h13-14,16-17H,4-12H2,1-3H3. The summed E-state index contributed by atoms with van der Waals surface area (Å²) in [6.45, 7) is 8.20. The summed E-state index contributed by atoms with van der Waals surface area (Å²) >= 11 is 0. The van der Waals surface area contributed by atoms with Gasteiger partial charge in [-0.15, -0.1) is 0 Å². The van der Waals surface area contributed by atoms with Gasteiger partial charge in [-0.05, 0) is 38.5 Å². The Morgan fingerprint density at radius 1 is 1.06 bits per heavy atom. The van der Waals surface area contributed by atoms with Crippen LogP contribution in [0.4, 0.5) is 0 Å². The SMILES string of the molecule is CC(C)CCC(C)NCC1(CO)CCCCC1. The summed E-state index contributed by atoms with van der Waals surface area (Å²) in [6.07, 6.45) is 8.89. The molecule has 0 aliphatic heterocycles. The van der Waals surface area contributed by atoms with Crippen LogP contribution in [-0.4, -0.2) is 24.3 Å². The van der Waals surface area contributed by atoms with E-state index in [0.717, 1.165) is 12.5 Å². The first-order valence-corrected chi connectivity index (χ1v) is 7.42. The van der Waals surface area contributed by atoms with Crippen LogP contribution >= 0.6 is 0 Å². The van der Waals surface area contributed by atoms with Crippen molar-refractivity contribution in [2.75, 3.05) is 13.2 Å². The van der Waals surface area contributed by atoms with Gasteiger partial charge in [-0.25, -0.2) is 0 Å². The van der Waals surface area contributed by atoms with Crippen molar-refractivity contribution in [3.8, 4) is 0 Å². The van der Waals surface area contributed by atoms with Gasteiger partial charge in [0.15, 0.2) is 0 Å². The first-order chi connectivity index (χ1) is 8.08. The van der Waals surface area contributed by atoms with Crippen LogP contribution in [0.15, 0.2) is 0 Å². The molecule has 0 bridgehead atoms. The molecule has 0 amide bonds. The van der Waals surface area contributed by atoms with Gasteiger partial charge >= 0.3 is 0 Å². The van der Waals surface area contributed by atoms with Crippen molar-refractivity contribution in [2.24, 2.45) is 11.3 Å². The molecule has 102 valence electrons. The lowest BCUT2D eigenvalue weighted by atomic mass is 9.74. The second kappa shape index (κ2) is 7.38. The van der Waals surface area contributed by atoms with Gasteiger partial charge in [0, 0.05) is 24.6 Å². The fourth-order valence-corrected chi connectivity index (χ4v) is 2.77. The van der Waals surface area contributed by atoms with Crippen molar-refractivity contribution in [1.29, 1.82) is 0 Å². The molecule has 1 saturated carbocycles. The van der Waals surface area contributed by atoms with Gasteiger partial charge in [0.05, 0.1) is 0 Å². The summed E-state index contributed by atoms with van der Waals surface area (Å²) in [5.41, 5.74) is 0.185. The topological polar surface area (TPSA) is 32.3 Å². The van der Waals surface area contributed by atoms with E-state index in [4.69, 9.17) is 0 Å². The van der Waals surface area contributed by atoms with E-state index in [1.165, 1.54) is 44.9 Å². The highest BCUT2D eigenvalue weighted by Crippen LogP contribution is 2.35. The lowest BCUT2D eigenvalue weighted by Crippen LogP contribution is -2.42. The van der Waals surface area contributed by atoms with Crippen LogP contribution in [0.3, 0.4) is 0 Å². The van der Waals surface area contributed by atoms with Crippen molar-refractivity contribution in [2.45, 2.75) is 71.8 Å². The molecule has 0 saturated heterocycles. The minimum Gasteiger partial charge on any atom is -0.396 e. The zero-order chi connectivity index (χ0) is 12.7. The van der Waals surface area contributed by atoms with E-state index in [0.29, 0.717) is 12.6 Å². The van der Waals surface area contributed by atoms with E-state index < -0.39 is 0 Å². The monoisotopic (exact) mass is 241 g/mol. The van der Waals surface area contributed by atoms with Crippen molar-refractivity contribution < 1.29 is 5.11 Å². The molecule has 2 N–H and O–H groups in total. The summed E-state index contributed by atoms with van der Waals surface area (Å²) in [6, 6.07) is 0.586. The van der Waals surface area contributed by atoms with Crippen molar-refractivity contribution in [3.05, 3.63) is 0 Å². The third-order valence-corrected chi connectivity index (χ3v) is 4.25. The number of rotatable bonds is 7. The van der Waals surface area contributed by atoms with Gasteiger partial charge in [-0.2, -0.15) is 0 Å². The quantitative estimate of drug-likeness (QED) is 0.716. The largest absolute Gasteiger partial charge is 0.396 e. The number of aliphatic hydroxyl groups excluding tert-OH is 1. The van der Waals surface area contributed by atoms with Crippen LogP contribution in [0.1, 0.15) is 65.7 Å². The molecule has 0 heterocycles. The maximum atomic E-state index is 9.63. The third-order valence-electron chi connectivity index (χ3n) is 4.25. The van der Waals surface area contributed by atoms with Gasteiger partial charge in [0.2, 0.25) is 0 Å². The van der Waals surface area contributed by atoms with Crippen molar-refractivity contribution in [3.63, 3.8) is 0 Å². The summed E-state index contributed by atoms with van der Waals surface area (Å²) in [5, 5.41) is 13.3. The Morgan fingerprint density at radius 2 is 1.71 bits per heavy atom. The minimum absolute atomic E-state index is 0.185. The van der Waals surface area contributed by atoms with Gasteiger partial charge in [0.25, 0.3) is 0 Å². The summed E-state index contributed by atoms with van der Waals surface area (Å²) in [5.74, 6) is 0.792. The zero-order valence-corrected chi connectivity index (χ0v) is 12.0. The van der Waals surface area contributed by atoms with Crippen LogP contribution < -0.4 is 5.32 Å². The Labute approximate surface area is 107 Å². The molecule has 0 aromatic rings. The second-order valence-corrected chi connectivity index (χ2v) is 6.47. The van der Waals surface area contributed by atoms with E-state index in [-0.39, 0.29) is 5.41 Å². The highest BCUT2D eigenvalue weighted by Gasteiger charge is 2.31. The maximum Gasteiger partial charge on any atom is 0.0499 e. The van der Waals surface area contributed by atoms with Gasteiger partial charge in [0.1, 0.15) is 0 Å². The highest BCUT2D eigenvalue weighted by molar-refractivity contribution is 4.85. The number of hydrogen-bond donors (Lipinski definition) is 2. The van der Waals surface area contributed by atoms with Crippen LogP contribution in [0, 0.1) is 11.3 Å². The normalized spacial score (nSPS) is 21.7. The molecule has 1 aliphatic carbocycles. The van der Waals surface area contributed by atoms with Gasteiger partial charge in [-0.3, -0.25) is 0 Å². The Hall–Kier alpha value is -0.0800. The molecule has 2 nitrogen and oxygen atoms in total. The van der Waals surface area contributed by atoms with E-state index in [1.807, 2.05) is 0 Å². The zero-order valence-electron chi connectivity index (χ0n) is 12.0. The van der Waals surface area contributed by atoms with Crippen molar-refractivity contribution >= 4 is 0 Å². The van der Waals surface area contributed by atoms with Crippen molar-refractivity contribution in [1.82, 2.24) is 5.32 Å². The Bertz CT molecular complexity index is 197. The first-order valence-electron chi connectivity index (χ1n) is 7.42. The number of aliphatic hydroxyl groups is 1. The van der Waals surface area contributed by atoms with Crippen LogP contribution in [0.5, 0.6) is 0 Å². The average Bonchev–Trinajstić information content (AvgIpc) is 2.35. The molecular weight excluding hydrogens is 210 g/mol. The Morgan fingerprint density at radius 3 is 2.24 bits per heavy atom. The lowest BCUT2D eigenvalue weighted by molar-refractivity contribution is 0.0784. The molecule has 2 heteroatoms. The minimum atomic E-state index is 0.185. The molecule has 1 aliphatic rings. The van der Waals surface area contributed by atoms with E-state index in [2.05, 4.69) is 26.1 Å². The molecule has 0 spiro atoms. The van der Waals surface area contributed by atoms with Gasteiger partial charge in [-0.1, -0.05) is 33.1 Å². The lowest BCUT2D eigenvalue weighted by Gasteiger charge is -2.36. The molecule has 1 atom stereocenters. The van der Waals surface area contributed by atoms with E-state index in [9.17, 15) is 5.11 Å². The number of hydrogen-bond acceptors (Lipinski definition) is 2. The van der Waals surface area contributed by atoms with E-state index >= 15 is 0 Å². The molecular formula is C15H31NO. The molecule has 17 heavy (non-hydrogen) atoms. The molecule has 1 unspecified atom stereocenters. The fraction of sp³-hybridized carbons (Fsp3) is 1.00. The predicted molar refractivity (Wildman–Crippen MR) is 74.1 cm³/mol. The average molecular weight is 241 g/mol.